The second kappa shape index (κ2) is 8.93. The number of likely N-dealkylation sites (tertiary alicyclic amines) is 1. The summed E-state index contributed by atoms with van der Waals surface area (Å²) in [4.78, 5) is 10.4. The van der Waals surface area contributed by atoms with Crippen LogP contribution >= 0.6 is 0 Å². The van der Waals surface area contributed by atoms with E-state index in [-0.39, 0.29) is 23.5 Å². The first kappa shape index (κ1) is 25.2. The first-order valence-corrected chi connectivity index (χ1v) is 11.6. The fraction of sp³-hybridized carbons (Fsp3) is 0.400. The molecule has 0 spiro atoms. The van der Waals surface area contributed by atoms with Crippen LogP contribution in [0.5, 0.6) is 0 Å². The van der Waals surface area contributed by atoms with Gasteiger partial charge >= 0.3 is 5.76 Å². The molecule has 0 aliphatic carbocycles. The third-order valence-corrected chi connectivity index (χ3v) is 6.59. The molecule has 7 nitrogen and oxygen atoms in total. The van der Waals surface area contributed by atoms with Crippen molar-refractivity contribution in [2.45, 2.75) is 37.2 Å². The number of benzene rings is 1. The van der Waals surface area contributed by atoms with Gasteiger partial charge in [-0.05, 0) is 18.6 Å². The van der Waals surface area contributed by atoms with Gasteiger partial charge in [-0.15, -0.1) is 0 Å². The zero-order chi connectivity index (χ0) is 25.7. The minimum Gasteiger partial charge on any atom is -0.384 e. The Labute approximate surface area is 194 Å². The lowest BCUT2D eigenvalue weighted by Crippen LogP contribution is -2.48. The van der Waals surface area contributed by atoms with Crippen LogP contribution in [0.2, 0.25) is 0 Å². The van der Waals surface area contributed by atoms with E-state index < -0.39 is 70.0 Å². The number of aromatic nitrogens is 1. The summed E-state index contributed by atoms with van der Waals surface area (Å²) in [7, 11) is -5.27. The first-order valence-electron chi connectivity index (χ1n) is 10.0. The molecule has 1 aromatic carbocycles. The maximum absolute atomic E-state index is 14.5. The summed E-state index contributed by atoms with van der Waals surface area (Å²) in [6.45, 7) is -0.110. The van der Waals surface area contributed by atoms with E-state index in [4.69, 9.17) is 4.84 Å². The third kappa shape index (κ3) is 4.91. The fourth-order valence-electron chi connectivity index (χ4n) is 3.89. The number of halogens is 7. The smallest absolute Gasteiger partial charge is 0.350 e. The molecule has 190 valence electrons. The molecule has 2 aromatic rings. The minimum atomic E-state index is -5.27. The third-order valence-electron chi connectivity index (χ3n) is 5.51. The van der Waals surface area contributed by atoms with Gasteiger partial charge in [-0.25, -0.2) is 30.4 Å². The highest BCUT2D eigenvalue weighted by Gasteiger charge is 2.52. The molecule has 0 bridgehead atoms. The fourth-order valence-corrected chi connectivity index (χ4v) is 4.63. The van der Waals surface area contributed by atoms with Crippen LogP contribution in [-0.2, 0) is 14.9 Å². The van der Waals surface area contributed by atoms with Gasteiger partial charge in [-0.2, -0.15) is 13.5 Å². The Morgan fingerprint density at radius 2 is 1.83 bits per heavy atom. The summed E-state index contributed by atoms with van der Waals surface area (Å²) in [5, 5.41) is 3.72. The lowest BCUT2D eigenvalue weighted by molar-refractivity contribution is -0.00168. The van der Waals surface area contributed by atoms with Crippen molar-refractivity contribution in [3.63, 3.8) is 0 Å². The molecule has 0 saturated carbocycles. The van der Waals surface area contributed by atoms with E-state index in [0.717, 1.165) is 4.90 Å². The van der Waals surface area contributed by atoms with Gasteiger partial charge in [0.15, 0.2) is 6.10 Å². The Morgan fingerprint density at radius 1 is 1.17 bits per heavy atom. The van der Waals surface area contributed by atoms with Crippen molar-refractivity contribution >= 4 is 15.9 Å². The Kier molecular flexibility index (Phi) is 6.42. The van der Waals surface area contributed by atoms with Crippen LogP contribution in [0.4, 0.5) is 30.7 Å². The Morgan fingerprint density at radius 3 is 2.46 bits per heavy atom. The van der Waals surface area contributed by atoms with Crippen molar-refractivity contribution in [3.8, 4) is 11.1 Å². The number of oxime groups is 1. The number of hydrogen-bond acceptors (Lipinski definition) is 6. The predicted molar refractivity (Wildman–Crippen MR) is 109 cm³/mol. The van der Waals surface area contributed by atoms with Gasteiger partial charge in [0.05, 0.1) is 24.2 Å². The summed E-state index contributed by atoms with van der Waals surface area (Å²) in [5.41, 5.74) is -0.112. The molecule has 0 unspecified atom stereocenters. The average molecular weight is 526 g/mol. The zero-order valence-electron chi connectivity index (χ0n) is 17.8. The first-order chi connectivity index (χ1) is 16.3. The highest BCUT2D eigenvalue weighted by atomic mass is 32.2. The molecule has 1 fully saturated rings. The molecule has 1 saturated heterocycles. The number of nitrogens with one attached hydrogen (secondary N) is 1. The van der Waals surface area contributed by atoms with Gasteiger partial charge in [0, 0.05) is 30.4 Å². The molecule has 3 heterocycles. The minimum absolute atomic E-state index is 0.000307. The van der Waals surface area contributed by atoms with E-state index in [1.54, 1.807) is 6.92 Å². The van der Waals surface area contributed by atoms with Crippen molar-refractivity contribution in [1.29, 1.82) is 0 Å². The van der Waals surface area contributed by atoms with Crippen molar-refractivity contribution in [2.24, 2.45) is 5.16 Å². The van der Waals surface area contributed by atoms with Crippen LogP contribution in [0.15, 0.2) is 29.6 Å². The molecule has 2 aliphatic heterocycles. The maximum atomic E-state index is 14.5. The highest BCUT2D eigenvalue weighted by Crippen LogP contribution is 2.38. The normalized spacial score (nSPS) is 22.0. The summed E-state index contributed by atoms with van der Waals surface area (Å²) in [6.07, 6.45) is 0.103. The number of pyridine rings is 1. The lowest BCUT2D eigenvalue weighted by atomic mass is 9.97. The van der Waals surface area contributed by atoms with E-state index >= 15 is 0 Å². The number of rotatable bonds is 5. The van der Waals surface area contributed by atoms with Crippen molar-refractivity contribution in [2.75, 3.05) is 13.1 Å². The molecule has 0 amide bonds. The molecule has 0 radical (unpaired) electrons. The monoisotopic (exact) mass is 526 g/mol. The second-order valence-corrected chi connectivity index (χ2v) is 9.80. The number of aryl methyl sites for hydroxylation is 1. The molecule has 4 rings (SSSR count). The molecular weight excluding hydrogens is 509 g/mol. The van der Waals surface area contributed by atoms with Gasteiger partial charge in [0.1, 0.15) is 29.3 Å². The van der Waals surface area contributed by atoms with Crippen LogP contribution in [0.3, 0.4) is 0 Å². The number of sulfonamides is 1. The Balaban J connectivity index is 1.57. The molecule has 1 N–H and O–H groups in total. The van der Waals surface area contributed by atoms with Crippen molar-refractivity contribution < 1.29 is 44.0 Å². The zero-order valence-corrected chi connectivity index (χ0v) is 18.6. The van der Waals surface area contributed by atoms with E-state index in [0.29, 0.717) is 17.7 Å². The number of hydrogen-bond donors (Lipinski definition) is 1. The van der Waals surface area contributed by atoms with Gasteiger partial charge in [0.25, 0.3) is 15.9 Å². The SMILES string of the molecule is Cc1cnc([C@@H]2CC(N3C[C@@H](NS(=O)(=O)C(F)F)C(F)(F)C3)=NO2)c(-c2c(F)cc(F)cc2F)c1. The van der Waals surface area contributed by atoms with Crippen LogP contribution in [-0.4, -0.2) is 54.9 Å². The van der Waals surface area contributed by atoms with Gasteiger partial charge in [-0.3, -0.25) is 4.98 Å². The maximum Gasteiger partial charge on any atom is 0.350 e. The van der Waals surface area contributed by atoms with Gasteiger partial charge in [-0.1, -0.05) is 5.16 Å². The summed E-state index contributed by atoms with van der Waals surface area (Å²) >= 11 is 0. The molecular formula is C20H17F7N4O3S. The number of alkyl halides is 4. The number of amidine groups is 1. The summed E-state index contributed by atoms with van der Waals surface area (Å²) in [6, 6.07) is 0.241. The van der Waals surface area contributed by atoms with Crippen LogP contribution in [0.1, 0.15) is 23.8 Å². The van der Waals surface area contributed by atoms with Crippen LogP contribution < -0.4 is 4.72 Å². The van der Waals surface area contributed by atoms with E-state index in [9.17, 15) is 39.2 Å². The van der Waals surface area contributed by atoms with Crippen molar-refractivity contribution in [1.82, 2.24) is 14.6 Å². The van der Waals surface area contributed by atoms with Crippen molar-refractivity contribution in [3.05, 3.63) is 53.1 Å². The quantitative estimate of drug-likeness (QED) is 0.601. The summed E-state index contributed by atoms with van der Waals surface area (Å²) in [5.74, 6) is -11.2. The van der Waals surface area contributed by atoms with E-state index in [1.807, 2.05) is 0 Å². The van der Waals surface area contributed by atoms with E-state index in [2.05, 4.69) is 10.1 Å². The lowest BCUT2D eigenvalue weighted by Gasteiger charge is -2.18. The molecule has 15 heteroatoms. The number of nitrogens with zero attached hydrogens (tertiary/aromatic N) is 3. The highest BCUT2D eigenvalue weighted by molar-refractivity contribution is 7.89. The standard InChI is InChI=1S/C20H17F7N4O3S/c1-9-2-11(17-12(22)3-10(21)4-13(17)23)18(28-6-9)14-5-16(29-34-14)31-7-15(20(26,27)8-31)30-35(32,33)19(24)25/h2-4,6,14-15,19,30H,5,7-8H2,1H3/t14-,15+/m0/s1. The van der Waals surface area contributed by atoms with E-state index in [1.165, 1.54) is 17.0 Å². The van der Waals surface area contributed by atoms with Gasteiger partial charge < -0.3 is 9.74 Å². The predicted octanol–water partition coefficient (Wildman–Crippen LogP) is 3.71. The molecule has 35 heavy (non-hydrogen) atoms. The largest absolute Gasteiger partial charge is 0.384 e. The summed E-state index contributed by atoms with van der Waals surface area (Å²) < 4.78 is 120. The van der Waals surface area contributed by atoms with Crippen LogP contribution in [0, 0.1) is 24.4 Å². The Bertz CT molecular complexity index is 1270. The topological polar surface area (TPSA) is 83.9 Å². The molecule has 2 aliphatic rings. The molecule has 1 aromatic heterocycles. The second-order valence-electron chi connectivity index (χ2n) is 8.11. The molecule has 2 atom stereocenters. The Hall–Kier alpha value is -2.94. The van der Waals surface area contributed by atoms with Crippen LogP contribution in [0.25, 0.3) is 11.1 Å². The van der Waals surface area contributed by atoms with Gasteiger partial charge in [0.2, 0.25) is 0 Å². The average Bonchev–Trinajstić information content (AvgIpc) is 3.32.